The molecule has 0 amide bonds. The highest BCUT2D eigenvalue weighted by Crippen LogP contribution is 2.47. The first kappa shape index (κ1) is 9.22. The number of hydrogen-bond acceptors (Lipinski definition) is 2. The van der Waals surface area contributed by atoms with Gasteiger partial charge in [0.25, 0.3) is 0 Å². The van der Waals surface area contributed by atoms with Gasteiger partial charge in [-0.1, -0.05) is 6.92 Å². The summed E-state index contributed by atoms with van der Waals surface area (Å²) in [6.07, 6.45) is 2.64. The summed E-state index contributed by atoms with van der Waals surface area (Å²) in [7, 11) is 0. The van der Waals surface area contributed by atoms with Crippen LogP contribution >= 0.6 is 11.3 Å². The van der Waals surface area contributed by atoms with E-state index < -0.39 is 0 Å². The van der Waals surface area contributed by atoms with E-state index in [1.54, 1.807) is 5.56 Å². The largest absolute Gasteiger partial charge is 0.316 e. The lowest BCUT2D eigenvalue weighted by Crippen LogP contribution is -2.17. The first-order valence-corrected chi connectivity index (χ1v) is 6.09. The summed E-state index contributed by atoms with van der Waals surface area (Å²) in [6, 6.07) is 2.27. The molecular weight excluding hydrogens is 178 g/mol. The van der Waals surface area contributed by atoms with Crippen LogP contribution in [0.4, 0.5) is 0 Å². The highest BCUT2D eigenvalue weighted by atomic mass is 32.1. The molecule has 1 saturated carbocycles. The smallest absolute Gasteiger partial charge is 0.00144 e. The van der Waals surface area contributed by atoms with Crippen LogP contribution in [0.2, 0.25) is 0 Å². The van der Waals surface area contributed by atoms with Gasteiger partial charge in [-0.3, -0.25) is 0 Å². The van der Waals surface area contributed by atoms with Crippen LogP contribution in [0.3, 0.4) is 0 Å². The lowest BCUT2D eigenvalue weighted by atomic mass is 10.2. The van der Waals surface area contributed by atoms with Crippen molar-refractivity contribution in [1.29, 1.82) is 0 Å². The molecule has 1 fully saturated rings. The van der Waals surface area contributed by atoms with Crippen molar-refractivity contribution < 1.29 is 0 Å². The topological polar surface area (TPSA) is 12.0 Å². The van der Waals surface area contributed by atoms with Gasteiger partial charge in [0.15, 0.2) is 0 Å². The summed E-state index contributed by atoms with van der Waals surface area (Å²) in [5, 5.41) is 7.97. The van der Waals surface area contributed by atoms with Gasteiger partial charge in [-0.2, -0.15) is 11.3 Å². The average Bonchev–Trinajstić information content (AvgIpc) is 2.72. The summed E-state index contributed by atoms with van der Waals surface area (Å²) in [5.41, 5.74) is 1.56. The Labute approximate surface area is 84.2 Å². The Hall–Kier alpha value is -0.340. The van der Waals surface area contributed by atoms with Crippen LogP contribution < -0.4 is 5.32 Å². The van der Waals surface area contributed by atoms with Gasteiger partial charge in [0.1, 0.15) is 0 Å². The van der Waals surface area contributed by atoms with E-state index in [2.05, 4.69) is 29.1 Å². The van der Waals surface area contributed by atoms with Crippen molar-refractivity contribution in [3.63, 3.8) is 0 Å². The molecule has 2 unspecified atom stereocenters. The van der Waals surface area contributed by atoms with Gasteiger partial charge in [0, 0.05) is 0 Å². The molecule has 0 saturated heterocycles. The molecule has 0 aliphatic heterocycles. The van der Waals surface area contributed by atoms with Gasteiger partial charge in [-0.25, -0.2) is 0 Å². The van der Waals surface area contributed by atoms with Crippen LogP contribution in [0.15, 0.2) is 16.8 Å². The summed E-state index contributed by atoms with van der Waals surface area (Å²) in [5.74, 6) is 1.79. The maximum absolute atomic E-state index is 3.49. The molecule has 2 heteroatoms. The van der Waals surface area contributed by atoms with Crippen LogP contribution in [0.1, 0.15) is 31.2 Å². The fourth-order valence-corrected chi connectivity index (χ4v) is 2.56. The Morgan fingerprint density at radius 1 is 1.62 bits per heavy atom. The maximum Gasteiger partial charge on any atom is -0.00144 e. The van der Waals surface area contributed by atoms with Gasteiger partial charge < -0.3 is 5.32 Å². The van der Waals surface area contributed by atoms with Crippen molar-refractivity contribution in [2.45, 2.75) is 25.7 Å². The van der Waals surface area contributed by atoms with Crippen LogP contribution in [-0.2, 0) is 0 Å². The molecule has 0 radical (unpaired) electrons. The Bertz CT molecular complexity index is 243. The molecule has 72 valence electrons. The molecule has 0 bridgehead atoms. The molecule has 1 aromatic rings. The SMILES string of the molecule is CCCNCC1CC1c1ccsc1. The number of nitrogens with one attached hydrogen (secondary N) is 1. The third kappa shape index (κ3) is 2.32. The van der Waals surface area contributed by atoms with E-state index in [4.69, 9.17) is 0 Å². The average molecular weight is 195 g/mol. The van der Waals surface area contributed by atoms with Crippen LogP contribution in [0.25, 0.3) is 0 Å². The molecular formula is C11H17NS. The van der Waals surface area contributed by atoms with Crippen LogP contribution in [-0.4, -0.2) is 13.1 Å². The van der Waals surface area contributed by atoms with Crippen LogP contribution in [0.5, 0.6) is 0 Å². The van der Waals surface area contributed by atoms with Gasteiger partial charge >= 0.3 is 0 Å². The van der Waals surface area contributed by atoms with Gasteiger partial charge in [0.05, 0.1) is 0 Å². The van der Waals surface area contributed by atoms with Crippen LogP contribution in [0, 0.1) is 5.92 Å². The van der Waals surface area contributed by atoms with Crippen molar-refractivity contribution in [2.75, 3.05) is 13.1 Å². The predicted molar refractivity (Wildman–Crippen MR) is 58.3 cm³/mol. The minimum absolute atomic E-state index is 0.871. The third-order valence-electron chi connectivity index (χ3n) is 2.73. The second-order valence-electron chi connectivity index (χ2n) is 3.86. The van der Waals surface area contributed by atoms with E-state index in [1.165, 1.54) is 25.9 Å². The Balaban J connectivity index is 1.71. The zero-order chi connectivity index (χ0) is 9.10. The van der Waals surface area contributed by atoms with Gasteiger partial charge in [-0.15, -0.1) is 0 Å². The minimum atomic E-state index is 0.871. The zero-order valence-corrected chi connectivity index (χ0v) is 8.94. The molecule has 1 heterocycles. The van der Waals surface area contributed by atoms with Gasteiger partial charge in [0.2, 0.25) is 0 Å². The lowest BCUT2D eigenvalue weighted by molar-refractivity contribution is 0.620. The van der Waals surface area contributed by atoms with Crippen molar-refractivity contribution >= 4 is 11.3 Å². The van der Waals surface area contributed by atoms with Crippen molar-refractivity contribution in [3.05, 3.63) is 22.4 Å². The Kier molecular flexibility index (Phi) is 3.01. The van der Waals surface area contributed by atoms with E-state index in [-0.39, 0.29) is 0 Å². The molecule has 2 atom stereocenters. The summed E-state index contributed by atoms with van der Waals surface area (Å²) >= 11 is 1.82. The second kappa shape index (κ2) is 4.25. The first-order valence-electron chi connectivity index (χ1n) is 5.14. The van der Waals surface area contributed by atoms with Crippen molar-refractivity contribution in [2.24, 2.45) is 5.92 Å². The Morgan fingerprint density at radius 2 is 2.54 bits per heavy atom. The lowest BCUT2D eigenvalue weighted by Gasteiger charge is -2.00. The molecule has 1 aromatic heterocycles. The predicted octanol–water partition coefficient (Wildman–Crippen LogP) is 2.85. The second-order valence-corrected chi connectivity index (χ2v) is 4.64. The first-order chi connectivity index (χ1) is 6.42. The standard InChI is InChI=1S/C11H17NS/c1-2-4-12-7-10-6-11(10)9-3-5-13-8-9/h3,5,8,10-12H,2,4,6-7H2,1H3. The van der Waals surface area contributed by atoms with E-state index >= 15 is 0 Å². The summed E-state index contributed by atoms with van der Waals surface area (Å²) in [4.78, 5) is 0. The maximum atomic E-state index is 3.49. The molecule has 1 aliphatic rings. The fraction of sp³-hybridized carbons (Fsp3) is 0.636. The van der Waals surface area contributed by atoms with Crippen molar-refractivity contribution in [3.8, 4) is 0 Å². The van der Waals surface area contributed by atoms with E-state index in [1.807, 2.05) is 11.3 Å². The van der Waals surface area contributed by atoms with Gasteiger partial charge in [-0.05, 0) is 60.2 Å². The molecule has 13 heavy (non-hydrogen) atoms. The fourth-order valence-electron chi connectivity index (χ4n) is 1.83. The monoisotopic (exact) mass is 195 g/mol. The molecule has 1 aliphatic carbocycles. The highest BCUT2D eigenvalue weighted by Gasteiger charge is 2.37. The van der Waals surface area contributed by atoms with E-state index in [0.29, 0.717) is 0 Å². The normalized spacial score (nSPS) is 26.2. The molecule has 0 aromatic carbocycles. The number of hydrogen-bond donors (Lipinski definition) is 1. The molecule has 1 N–H and O–H groups in total. The molecule has 1 nitrogen and oxygen atoms in total. The third-order valence-corrected chi connectivity index (χ3v) is 3.43. The quantitative estimate of drug-likeness (QED) is 0.712. The summed E-state index contributed by atoms with van der Waals surface area (Å²) in [6.45, 7) is 4.61. The van der Waals surface area contributed by atoms with E-state index in [9.17, 15) is 0 Å². The number of rotatable bonds is 5. The Morgan fingerprint density at radius 3 is 3.23 bits per heavy atom. The molecule has 0 spiro atoms. The zero-order valence-electron chi connectivity index (χ0n) is 8.12. The minimum Gasteiger partial charge on any atom is -0.316 e. The highest BCUT2D eigenvalue weighted by molar-refractivity contribution is 7.08. The molecule has 2 rings (SSSR count). The number of thiophene rings is 1. The van der Waals surface area contributed by atoms with E-state index in [0.717, 1.165) is 11.8 Å². The van der Waals surface area contributed by atoms with Crippen molar-refractivity contribution in [1.82, 2.24) is 5.32 Å². The summed E-state index contributed by atoms with van der Waals surface area (Å²) < 4.78 is 0.